The summed E-state index contributed by atoms with van der Waals surface area (Å²) >= 11 is 0. The molecule has 1 heteroatoms. The smallest absolute Gasteiger partial charge is 0.00912 e. The Balaban J connectivity index is 2.25. The first kappa shape index (κ1) is 10.6. The lowest BCUT2D eigenvalue weighted by Gasteiger charge is -2.15. The lowest BCUT2D eigenvalue weighted by Crippen LogP contribution is -2.21. The maximum atomic E-state index is 5.99. The van der Waals surface area contributed by atoms with Gasteiger partial charge in [-0.3, -0.25) is 0 Å². The van der Waals surface area contributed by atoms with Crippen LogP contribution in [0.4, 0.5) is 0 Å². The summed E-state index contributed by atoms with van der Waals surface area (Å²) in [6.45, 7) is 1.92. The van der Waals surface area contributed by atoms with E-state index in [9.17, 15) is 0 Å². The minimum Gasteiger partial charge on any atom is -0.328 e. The van der Waals surface area contributed by atoms with Crippen LogP contribution in [0.1, 0.15) is 51.9 Å². The first-order valence-corrected chi connectivity index (χ1v) is 5.48. The molecule has 13 heavy (non-hydrogen) atoms. The van der Waals surface area contributed by atoms with Crippen molar-refractivity contribution in [3.05, 3.63) is 0 Å². The Labute approximate surface area is 82.1 Å². The molecule has 2 unspecified atom stereocenters. The van der Waals surface area contributed by atoms with Crippen LogP contribution in [0.3, 0.4) is 0 Å². The molecule has 1 aliphatic rings. The van der Waals surface area contributed by atoms with Crippen LogP contribution >= 0.6 is 0 Å². The normalized spacial score (nSPS) is 28.8. The van der Waals surface area contributed by atoms with Crippen LogP contribution in [-0.2, 0) is 0 Å². The second-order valence-electron chi connectivity index (χ2n) is 4.11. The molecular weight excluding hydrogens is 158 g/mol. The van der Waals surface area contributed by atoms with E-state index in [0.717, 1.165) is 12.3 Å². The molecule has 2 N–H and O–H groups in total. The fraction of sp³-hybridized carbons (Fsp3) is 0.833. The van der Waals surface area contributed by atoms with Crippen LogP contribution in [0.25, 0.3) is 0 Å². The van der Waals surface area contributed by atoms with E-state index in [1.54, 1.807) is 0 Å². The Morgan fingerprint density at radius 1 is 1.31 bits per heavy atom. The van der Waals surface area contributed by atoms with Gasteiger partial charge in [-0.15, -0.1) is 11.8 Å². The molecule has 0 aromatic carbocycles. The zero-order valence-corrected chi connectivity index (χ0v) is 8.68. The van der Waals surface area contributed by atoms with Crippen LogP contribution < -0.4 is 5.73 Å². The second kappa shape index (κ2) is 6.05. The topological polar surface area (TPSA) is 26.0 Å². The standard InChI is InChI=1S/C12H21N/c1-2-3-4-7-11-8-5-6-9-12(13)10-11/h11-12H,4-10,13H2,1H3. The van der Waals surface area contributed by atoms with E-state index in [2.05, 4.69) is 11.8 Å². The van der Waals surface area contributed by atoms with Crippen molar-refractivity contribution in [1.29, 1.82) is 0 Å². The average molecular weight is 179 g/mol. The Hall–Kier alpha value is -0.480. The van der Waals surface area contributed by atoms with Gasteiger partial charge >= 0.3 is 0 Å². The molecule has 0 aromatic heterocycles. The Bertz CT molecular complexity index is 187. The second-order valence-corrected chi connectivity index (χ2v) is 4.11. The van der Waals surface area contributed by atoms with E-state index in [-0.39, 0.29) is 0 Å². The lowest BCUT2D eigenvalue weighted by atomic mass is 9.94. The summed E-state index contributed by atoms with van der Waals surface area (Å²) in [5.41, 5.74) is 5.99. The third kappa shape index (κ3) is 4.33. The number of hydrogen-bond acceptors (Lipinski definition) is 1. The Morgan fingerprint density at radius 3 is 2.85 bits per heavy atom. The molecule has 0 aromatic rings. The van der Waals surface area contributed by atoms with E-state index in [1.807, 2.05) is 6.92 Å². The van der Waals surface area contributed by atoms with Gasteiger partial charge in [-0.05, 0) is 32.1 Å². The molecule has 0 aliphatic heterocycles. The van der Waals surface area contributed by atoms with Gasteiger partial charge in [0.25, 0.3) is 0 Å². The van der Waals surface area contributed by atoms with Gasteiger partial charge in [0.2, 0.25) is 0 Å². The highest BCUT2D eigenvalue weighted by Gasteiger charge is 2.16. The van der Waals surface area contributed by atoms with Crippen molar-refractivity contribution >= 4 is 0 Å². The summed E-state index contributed by atoms with van der Waals surface area (Å²) in [7, 11) is 0. The summed E-state index contributed by atoms with van der Waals surface area (Å²) in [6, 6.07) is 0.460. The van der Waals surface area contributed by atoms with Crippen molar-refractivity contribution < 1.29 is 0 Å². The van der Waals surface area contributed by atoms with Gasteiger partial charge in [-0.1, -0.05) is 19.3 Å². The predicted octanol–water partition coefficient (Wildman–Crippen LogP) is 2.70. The van der Waals surface area contributed by atoms with Gasteiger partial charge in [0, 0.05) is 12.5 Å². The largest absolute Gasteiger partial charge is 0.328 e. The van der Waals surface area contributed by atoms with Crippen LogP contribution in [0, 0.1) is 17.8 Å². The number of nitrogens with two attached hydrogens (primary N) is 1. The van der Waals surface area contributed by atoms with Gasteiger partial charge in [0.05, 0.1) is 0 Å². The third-order valence-corrected chi connectivity index (χ3v) is 2.93. The molecule has 0 spiro atoms. The summed E-state index contributed by atoms with van der Waals surface area (Å²) in [5.74, 6) is 6.94. The van der Waals surface area contributed by atoms with Crippen molar-refractivity contribution in [3.63, 3.8) is 0 Å². The highest BCUT2D eigenvalue weighted by Crippen LogP contribution is 2.25. The van der Waals surface area contributed by atoms with E-state index < -0.39 is 0 Å². The monoisotopic (exact) mass is 179 g/mol. The van der Waals surface area contributed by atoms with Crippen LogP contribution in [0.2, 0.25) is 0 Å². The van der Waals surface area contributed by atoms with Crippen LogP contribution in [-0.4, -0.2) is 6.04 Å². The number of rotatable bonds is 2. The highest BCUT2D eigenvalue weighted by molar-refractivity contribution is 4.95. The maximum absolute atomic E-state index is 5.99. The molecule has 0 heterocycles. The Morgan fingerprint density at radius 2 is 2.08 bits per heavy atom. The van der Waals surface area contributed by atoms with E-state index in [0.29, 0.717) is 6.04 Å². The minimum atomic E-state index is 0.460. The van der Waals surface area contributed by atoms with Crippen LogP contribution in [0.15, 0.2) is 0 Å². The van der Waals surface area contributed by atoms with E-state index in [1.165, 1.54) is 38.5 Å². The van der Waals surface area contributed by atoms with Crippen molar-refractivity contribution in [2.24, 2.45) is 11.7 Å². The minimum absolute atomic E-state index is 0.460. The summed E-state index contributed by atoms with van der Waals surface area (Å²) < 4.78 is 0. The summed E-state index contributed by atoms with van der Waals surface area (Å²) in [4.78, 5) is 0. The molecule has 0 radical (unpaired) electrons. The quantitative estimate of drug-likeness (QED) is 0.512. The molecular formula is C12H21N. The summed E-state index contributed by atoms with van der Waals surface area (Å²) in [5, 5.41) is 0. The third-order valence-electron chi connectivity index (χ3n) is 2.93. The van der Waals surface area contributed by atoms with Crippen molar-refractivity contribution in [2.75, 3.05) is 0 Å². The maximum Gasteiger partial charge on any atom is 0.00912 e. The zero-order chi connectivity index (χ0) is 9.52. The van der Waals surface area contributed by atoms with Gasteiger partial charge in [-0.25, -0.2) is 0 Å². The SMILES string of the molecule is CC#CCCC1CCCCC(N)C1. The van der Waals surface area contributed by atoms with Gasteiger partial charge in [0.1, 0.15) is 0 Å². The Kier molecular flexibility index (Phi) is 4.93. The highest BCUT2D eigenvalue weighted by atomic mass is 14.6. The average Bonchev–Trinajstić information content (AvgIpc) is 2.31. The molecule has 1 saturated carbocycles. The molecule has 0 saturated heterocycles. The fourth-order valence-corrected chi connectivity index (χ4v) is 2.17. The van der Waals surface area contributed by atoms with Gasteiger partial charge in [-0.2, -0.15) is 0 Å². The van der Waals surface area contributed by atoms with Crippen molar-refractivity contribution in [3.8, 4) is 11.8 Å². The van der Waals surface area contributed by atoms with Gasteiger partial charge < -0.3 is 5.73 Å². The molecule has 1 fully saturated rings. The zero-order valence-electron chi connectivity index (χ0n) is 8.68. The van der Waals surface area contributed by atoms with E-state index in [4.69, 9.17) is 5.73 Å². The molecule has 1 nitrogen and oxygen atoms in total. The molecule has 0 amide bonds. The van der Waals surface area contributed by atoms with E-state index >= 15 is 0 Å². The fourth-order valence-electron chi connectivity index (χ4n) is 2.17. The van der Waals surface area contributed by atoms with Crippen molar-refractivity contribution in [1.82, 2.24) is 0 Å². The van der Waals surface area contributed by atoms with Gasteiger partial charge in [0.15, 0.2) is 0 Å². The molecule has 0 bridgehead atoms. The molecule has 74 valence electrons. The summed E-state index contributed by atoms with van der Waals surface area (Å²) in [6.07, 6.45) is 8.86. The molecule has 2 atom stereocenters. The first-order valence-electron chi connectivity index (χ1n) is 5.48. The molecule has 1 rings (SSSR count). The predicted molar refractivity (Wildman–Crippen MR) is 57.2 cm³/mol. The van der Waals surface area contributed by atoms with Crippen LogP contribution in [0.5, 0.6) is 0 Å². The lowest BCUT2D eigenvalue weighted by molar-refractivity contribution is 0.411. The van der Waals surface area contributed by atoms with Crippen molar-refractivity contribution in [2.45, 2.75) is 57.9 Å². The first-order chi connectivity index (χ1) is 6.33. The molecule has 1 aliphatic carbocycles. The number of hydrogen-bond donors (Lipinski definition) is 1.